The van der Waals surface area contributed by atoms with E-state index in [0.29, 0.717) is 11.5 Å². The molecule has 0 amide bonds. The molecule has 0 aromatic heterocycles. The number of rotatable bonds is 4. The van der Waals surface area contributed by atoms with Gasteiger partial charge in [0.2, 0.25) is 0 Å². The Balaban J connectivity index is 2.06. The maximum Gasteiger partial charge on any atom is 0.142 e. The van der Waals surface area contributed by atoms with Crippen molar-refractivity contribution in [3.05, 3.63) is 70.0 Å². The molecule has 1 saturated carbocycles. The summed E-state index contributed by atoms with van der Waals surface area (Å²) in [4.78, 5) is 0. The number of hydrazine groups is 1. The summed E-state index contributed by atoms with van der Waals surface area (Å²) in [5.41, 5.74) is 5.83. The van der Waals surface area contributed by atoms with Gasteiger partial charge in [-0.1, -0.05) is 54.4 Å². The fourth-order valence-corrected chi connectivity index (χ4v) is 3.19. The summed E-state index contributed by atoms with van der Waals surface area (Å²) in [6, 6.07) is 12.7. The molecule has 1 aliphatic rings. The number of halogens is 2. The first kappa shape index (κ1) is 14.5. The Hall–Kier alpha value is -1.42. The topological polar surface area (TPSA) is 38.0 Å². The third-order valence-corrected chi connectivity index (χ3v) is 4.71. The van der Waals surface area contributed by atoms with Gasteiger partial charge in [-0.25, -0.2) is 9.82 Å². The molecule has 110 valence electrons. The van der Waals surface area contributed by atoms with E-state index in [1.165, 1.54) is 30.9 Å². The number of nitrogens with two attached hydrogens (primary N) is 1. The zero-order valence-electron chi connectivity index (χ0n) is 11.7. The lowest BCUT2D eigenvalue weighted by Gasteiger charge is -2.30. The number of benzene rings is 2. The predicted molar refractivity (Wildman–Crippen MR) is 83.6 cm³/mol. The van der Waals surface area contributed by atoms with E-state index in [0.717, 1.165) is 5.56 Å². The smallest absolute Gasteiger partial charge is 0.142 e. The van der Waals surface area contributed by atoms with Gasteiger partial charge in [0, 0.05) is 0 Å². The number of nitrogens with one attached hydrogen (secondary N) is 1. The fraction of sp³-hybridized carbons (Fsp3) is 0.294. The van der Waals surface area contributed by atoms with Gasteiger partial charge in [-0.3, -0.25) is 5.84 Å². The van der Waals surface area contributed by atoms with Gasteiger partial charge in [0.25, 0.3) is 0 Å². The molecule has 3 rings (SSSR count). The highest BCUT2D eigenvalue weighted by molar-refractivity contribution is 6.31. The van der Waals surface area contributed by atoms with Gasteiger partial charge < -0.3 is 0 Å². The minimum atomic E-state index is -0.421. The molecule has 1 atom stereocenters. The molecule has 2 aromatic rings. The maximum atomic E-state index is 13.7. The molecule has 0 radical (unpaired) electrons. The molecular formula is C17H18ClFN2. The lowest BCUT2D eigenvalue weighted by Crippen LogP contribution is -2.30. The van der Waals surface area contributed by atoms with Crippen molar-refractivity contribution in [1.29, 1.82) is 0 Å². The average molecular weight is 305 g/mol. The Morgan fingerprint density at radius 1 is 1.10 bits per heavy atom. The first-order valence-corrected chi connectivity index (χ1v) is 7.59. The van der Waals surface area contributed by atoms with Gasteiger partial charge in [-0.2, -0.15) is 0 Å². The Kier molecular flexibility index (Phi) is 4.24. The molecule has 1 fully saturated rings. The molecule has 1 unspecified atom stereocenters. The second kappa shape index (κ2) is 6.14. The molecular weight excluding hydrogens is 287 g/mol. The van der Waals surface area contributed by atoms with Crippen LogP contribution in [0.1, 0.15) is 47.9 Å². The van der Waals surface area contributed by atoms with Crippen molar-refractivity contribution in [1.82, 2.24) is 5.43 Å². The summed E-state index contributed by atoms with van der Waals surface area (Å²) in [6.45, 7) is 0. The van der Waals surface area contributed by atoms with Crippen molar-refractivity contribution in [2.75, 3.05) is 0 Å². The minimum absolute atomic E-state index is 0.129. The van der Waals surface area contributed by atoms with Crippen molar-refractivity contribution in [3.8, 4) is 0 Å². The van der Waals surface area contributed by atoms with Crippen molar-refractivity contribution in [3.63, 3.8) is 0 Å². The summed E-state index contributed by atoms with van der Waals surface area (Å²) >= 11 is 6.13. The van der Waals surface area contributed by atoms with Crippen LogP contribution in [-0.2, 0) is 0 Å². The highest BCUT2D eigenvalue weighted by Gasteiger charge is 2.26. The van der Waals surface area contributed by atoms with Gasteiger partial charge in [-0.15, -0.1) is 0 Å². The lowest BCUT2D eigenvalue weighted by atomic mass is 9.76. The molecule has 0 spiro atoms. The van der Waals surface area contributed by atoms with Crippen LogP contribution in [0, 0.1) is 5.82 Å². The van der Waals surface area contributed by atoms with E-state index in [1.54, 1.807) is 6.07 Å². The van der Waals surface area contributed by atoms with E-state index in [4.69, 9.17) is 17.4 Å². The van der Waals surface area contributed by atoms with E-state index < -0.39 is 5.82 Å². The largest absolute Gasteiger partial charge is 0.271 e. The predicted octanol–water partition coefficient (Wildman–Crippen LogP) is 4.30. The molecule has 2 nitrogen and oxygen atoms in total. The van der Waals surface area contributed by atoms with E-state index >= 15 is 0 Å². The molecule has 4 heteroatoms. The van der Waals surface area contributed by atoms with Crippen LogP contribution in [0.25, 0.3) is 0 Å². The van der Waals surface area contributed by atoms with Gasteiger partial charge in [0.15, 0.2) is 0 Å². The van der Waals surface area contributed by atoms with Gasteiger partial charge >= 0.3 is 0 Å². The average Bonchev–Trinajstić information content (AvgIpc) is 2.44. The second-order valence-electron chi connectivity index (χ2n) is 5.50. The van der Waals surface area contributed by atoms with Gasteiger partial charge in [0.1, 0.15) is 5.82 Å². The standard InChI is InChI=1S/C17H18ClFN2/c18-16-14(9-4-10-15(16)19)17(21-20)13-8-2-1-7-12(13)11-5-3-6-11/h1-2,4,7-11,17,21H,3,5-6,20H2. The lowest BCUT2D eigenvalue weighted by molar-refractivity contribution is 0.414. The Bertz CT molecular complexity index is 640. The number of hydrogen-bond donors (Lipinski definition) is 2. The molecule has 0 heterocycles. The van der Waals surface area contributed by atoms with Gasteiger partial charge in [-0.05, 0) is 41.5 Å². The number of hydrogen-bond acceptors (Lipinski definition) is 2. The minimum Gasteiger partial charge on any atom is -0.271 e. The van der Waals surface area contributed by atoms with Crippen LogP contribution in [-0.4, -0.2) is 0 Å². The molecule has 1 aliphatic carbocycles. The van der Waals surface area contributed by atoms with Crippen LogP contribution in [0.3, 0.4) is 0 Å². The molecule has 0 saturated heterocycles. The highest BCUT2D eigenvalue weighted by Crippen LogP contribution is 2.41. The Morgan fingerprint density at radius 2 is 1.81 bits per heavy atom. The monoisotopic (exact) mass is 304 g/mol. The van der Waals surface area contributed by atoms with Gasteiger partial charge in [0.05, 0.1) is 11.1 Å². The van der Waals surface area contributed by atoms with Crippen LogP contribution in [0.2, 0.25) is 5.02 Å². The Morgan fingerprint density at radius 3 is 2.48 bits per heavy atom. The van der Waals surface area contributed by atoms with Crippen molar-refractivity contribution < 1.29 is 4.39 Å². The maximum absolute atomic E-state index is 13.7. The summed E-state index contributed by atoms with van der Waals surface area (Å²) in [6.07, 6.45) is 3.66. The SMILES string of the molecule is NNC(c1ccccc1C1CCC1)c1cccc(F)c1Cl. The van der Waals surface area contributed by atoms with E-state index in [2.05, 4.69) is 11.5 Å². The summed E-state index contributed by atoms with van der Waals surface area (Å²) in [7, 11) is 0. The summed E-state index contributed by atoms with van der Waals surface area (Å²) < 4.78 is 13.7. The molecule has 0 bridgehead atoms. The van der Waals surface area contributed by atoms with E-state index in [-0.39, 0.29) is 11.1 Å². The van der Waals surface area contributed by atoms with Crippen LogP contribution < -0.4 is 11.3 Å². The van der Waals surface area contributed by atoms with Crippen molar-refractivity contribution in [2.45, 2.75) is 31.2 Å². The summed E-state index contributed by atoms with van der Waals surface area (Å²) in [5.74, 6) is 5.91. The molecule has 2 aromatic carbocycles. The van der Waals surface area contributed by atoms with Crippen molar-refractivity contribution in [2.24, 2.45) is 5.84 Å². The van der Waals surface area contributed by atoms with Crippen LogP contribution in [0.4, 0.5) is 4.39 Å². The third kappa shape index (κ3) is 2.69. The zero-order chi connectivity index (χ0) is 14.8. The third-order valence-electron chi connectivity index (χ3n) is 4.31. The van der Waals surface area contributed by atoms with E-state index in [1.807, 2.05) is 24.3 Å². The van der Waals surface area contributed by atoms with Crippen LogP contribution >= 0.6 is 11.6 Å². The normalized spacial score (nSPS) is 16.5. The first-order valence-electron chi connectivity index (χ1n) is 7.21. The zero-order valence-corrected chi connectivity index (χ0v) is 12.4. The second-order valence-corrected chi connectivity index (χ2v) is 5.88. The summed E-state index contributed by atoms with van der Waals surface area (Å²) in [5, 5.41) is 0.129. The molecule has 3 N–H and O–H groups in total. The van der Waals surface area contributed by atoms with E-state index in [9.17, 15) is 4.39 Å². The van der Waals surface area contributed by atoms with Crippen LogP contribution in [0.5, 0.6) is 0 Å². The highest BCUT2D eigenvalue weighted by atomic mass is 35.5. The first-order chi connectivity index (χ1) is 10.2. The Labute approximate surface area is 129 Å². The molecule has 0 aliphatic heterocycles. The van der Waals surface area contributed by atoms with Crippen molar-refractivity contribution >= 4 is 11.6 Å². The van der Waals surface area contributed by atoms with Crippen LogP contribution in [0.15, 0.2) is 42.5 Å². The quantitative estimate of drug-likeness (QED) is 0.653. The molecule has 21 heavy (non-hydrogen) atoms. The fourth-order valence-electron chi connectivity index (χ4n) is 2.96.